The van der Waals surface area contributed by atoms with Gasteiger partial charge in [0.15, 0.2) is 0 Å². The van der Waals surface area contributed by atoms with Crippen molar-refractivity contribution in [1.82, 2.24) is 0 Å². The summed E-state index contributed by atoms with van der Waals surface area (Å²) in [5.41, 5.74) is 5.44. The first-order valence-electron chi connectivity index (χ1n) is 6.46. The maximum Gasteiger partial charge on any atom is 0.323 e. The largest absolute Gasteiger partial charge is 0.425 e. The summed E-state index contributed by atoms with van der Waals surface area (Å²) in [5.74, 6) is 0.275. The highest BCUT2D eigenvalue weighted by Crippen LogP contribution is 2.41. The lowest BCUT2D eigenvalue weighted by molar-refractivity contribution is -0.133. The van der Waals surface area contributed by atoms with Gasteiger partial charge in [-0.1, -0.05) is 36.4 Å². The molecule has 1 aliphatic rings. The normalized spacial score (nSPS) is 17.2. The van der Waals surface area contributed by atoms with Gasteiger partial charge >= 0.3 is 5.97 Å². The first kappa shape index (κ1) is 12.0. The van der Waals surface area contributed by atoms with Gasteiger partial charge in [0.05, 0.1) is 0 Å². The highest BCUT2D eigenvalue weighted by atomic mass is 16.5. The molecule has 0 aliphatic carbocycles. The first-order valence-corrected chi connectivity index (χ1v) is 6.46. The Kier molecular flexibility index (Phi) is 2.67. The highest BCUT2D eigenvalue weighted by molar-refractivity contribution is 5.90. The third kappa shape index (κ3) is 1.84. The molecule has 1 atom stereocenters. The molecule has 0 fully saturated rings. The number of rotatable bonds is 1. The minimum Gasteiger partial charge on any atom is -0.425 e. The molecule has 0 N–H and O–H groups in total. The first-order chi connectivity index (χ1) is 9.08. The monoisotopic (exact) mass is 252 g/mol. The summed E-state index contributed by atoms with van der Waals surface area (Å²) in [6, 6.07) is 12.1. The Morgan fingerprint density at radius 1 is 0.947 bits per heavy atom. The number of hydrogen-bond acceptors (Lipinski definition) is 2. The summed E-state index contributed by atoms with van der Waals surface area (Å²) < 4.78 is 5.44. The van der Waals surface area contributed by atoms with Crippen LogP contribution in [0.3, 0.4) is 0 Å². The topological polar surface area (TPSA) is 26.3 Å². The van der Waals surface area contributed by atoms with Crippen molar-refractivity contribution in [2.45, 2.75) is 26.7 Å². The zero-order chi connectivity index (χ0) is 13.6. The Balaban J connectivity index is 2.14. The van der Waals surface area contributed by atoms with Gasteiger partial charge in [0.1, 0.15) is 11.7 Å². The third-order valence-electron chi connectivity index (χ3n) is 3.86. The Labute approximate surface area is 113 Å². The molecule has 0 saturated carbocycles. The molecule has 0 saturated heterocycles. The summed E-state index contributed by atoms with van der Waals surface area (Å²) in [4.78, 5) is 12.2. The number of fused-ring (bicyclic) bond motifs is 1. The van der Waals surface area contributed by atoms with Gasteiger partial charge in [-0.15, -0.1) is 0 Å². The third-order valence-corrected chi connectivity index (χ3v) is 3.86. The van der Waals surface area contributed by atoms with Crippen molar-refractivity contribution in [3.8, 4) is 5.75 Å². The fourth-order valence-corrected chi connectivity index (χ4v) is 2.59. The average molecular weight is 252 g/mol. The molecular formula is C17H16O2. The Bertz CT molecular complexity index is 671. The molecule has 3 rings (SSSR count). The van der Waals surface area contributed by atoms with Crippen LogP contribution >= 0.6 is 0 Å². The molecule has 2 aromatic carbocycles. The van der Waals surface area contributed by atoms with Crippen LogP contribution in [0.15, 0.2) is 36.4 Å². The van der Waals surface area contributed by atoms with Gasteiger partial charge < -0.3 is 4.74 Å². The predicted octanol–water partition coefficient (Wildman–Crippen LogP) is 3.66. The molecule has 0 amide bonds. The minimum absolute atomic E-state index is 0.174. The SMILES string of the molecule is Cc1ccc(C2C(=O)Oc3c(C)cccc32)cc1C. The zero-order valence-electron chi connectivity index (χ0n) is 11.4. The maximum atomic E-state index is 12.2. The number of ether oxygens (including phenoxy) is 1. The summed E-state index contributed by atoms with van der Waals surface area (Å²) >= 11 is 0. The van der Waals surface area contributed by atoms with Crippen molar-refractivity contribution < 1.29 is 9.53 Å². The van der Waals surface area contributed by atoms with E-state index in [-0.39, 0.29) is 11.9 Å². The van der Waals surface area contributed by atoms with E-state index < -0.39 is 0 Å². The summed E-state index contributed by atoms with van der Waals surface area (Å²) in [7, 11) is 0. The van der Waals surface area contributed by atoms with Gasteiger partial charge in [-0.25, -0.2) is 0 Å². The van der Waals surface area contributed by atoms with Crippen LogP contribution in [0.1, 0.15) is 33.7 Å². The fraction of sp³-hybridized carbons (Fsp3) is 0.235. The van der Waals surface area contributed by atoms with Gasteiger partial charge in [0, 0.05) is 5.56 Å². The van der Waals surface area contributed by atoms with E-state index in [9.17, 15) is 4.79 Å². The predicted molar refractivity (Wildman–Crippen MR) is 74.6 cm³/mol. The van der Waals surface area contributed by atoms with E-state index in [2.05, 4.69) is 26.0 Å². The number of benzene rings is 2. The average Bonchev–Trinajstić information content (AvgIpc) is 2.71. The number of carbonyl (C=O) groups is 1. The number of aryl methyl sites for hydroxylation is 3. The molecule has 19 heavy (non-hydrogen) atoms. The van der Waals surface area contributed by atoms with Crippen molar-refractivity contribution in [3.05, 3.63) is 64.2 Å². The molecule has 2 aromatic rings. The molecule has 0 radical (unpaired) electrons. The van der Waals surface area contributed by atoms with Crippen LogP contribution in [0.2, 0.25) is 0 Å². The second-order valence-electron chi connectivity index (χ2n) is 5.19. The Morgan fingerprint density at radius 2 is 1.74 bits per heavy atom. The van der Waals surface area contributed by atoms with Crippen LogP contribution in [-0.4, -0.2) is 5.97 Å². The standard InChI is InChI=1S/C17H16O2/c1-10-7-8-13(9-12(10)3)15-14-6-4-5-11(2)16(14)19-17(15)18/h4-9,15H,1-3H3. The quantitative estimate of drug-likeness (QED) is 0.572. The molecule has 96 valence electrons. The van der Waals surface area contributed by atoms with Gasteiger partial charge in [-0.3, -0.25) is 4.79 Å². The lowest BCUT2D eigenvalue weighted by Gasteiger charge is -2.10. The van der Waals surface area contributed by atoms with E-state index in [0.29, 0.717) is 0 Å². The fourth-order valence-electron chi connectivity index (χ4n) is 2.59. The van der Waals surface area contributed by atoms with E-state index >= 15 is 0 Å². The van der Waals surface area contributed by atoms with Gasteiger partial charge in [0.2, 0.25) is 0 Å². The van der Waals surface area contributed by atoms with E-state index in [0.717, 1.165) is 22.4 Å². The van der Waals surface area contributed by atoms with Crippen LogP contribution in [0.25, 0.3) is 0 Å². The van der Waals surface area contributed by atoms with E-state index in [1.807, 2.05) is 31.2 Å². The van der Waals surface area contributed by atoms with Crippen LogP contribution < -0.4 is 4.74 Å². The lowest BCUT2D eigenvalue weighted by atomic mass is 9.90. The Hall–Kier alpha value is -2.09. The molecule has 0 aromatic heterocycles. The van der Waals surface area contributed by atoms with Crippen LogP contribution in [0, 0.1) is 20.8 Å². The molecule has 0 spiro atoms. The minimum atomic E-state index is -0.283. The van der Waals surface area contributed by atoms with E-state index in [1.165, 1.54) is 11.1 Å². The van der Waals surface area contributed by atoms with Crippen molar-refractivity contribution in [2.75, 3.05) is 0 Å². The zero-order valence-corrected chi connectivity index (χ0v) is 11.4. The highest BCUT2D eigenvalue weighted by Gasteiger charge is 2.35. The molecule has 0 bridgehead atoms. The van der Waals surface area contributed by atoms with E-state index in [1.54, 1.807) is 0 Å². The molecule has 1 unspecified atom stereocenters. The van der Waals surface area contributed by atoms with Crippen molar-refractivity contribution in [3.63, 3.8) is 0 Å². The summed E-state index contributed by atoms with van der Waals surface area (Å²) in [6.45, 7) is 6.11. The molecular weight excluding hydrogens is 236 g/mol. The van der Waals surface area contributed by atoms with Crippen LogP contribution in [-0.2, 0) is 4.79 Å². The molecule has 1 heterocycles. The molecule has 2 nitrogen and oxygen atoms in total. The second kappa shape index (κ2) is 4.23. The van der Waals surface area contributed by atoms with E-state index in [4.69, 9.17) is 4.74 Å². The van der Waals surface area contributed by atoms with Gasteiger partial charge in [0.25, 0.3) is 0 Å². The molecule has 1 aliphatic heterocycles. The molecule has 2 heteroatoms. The smallest absolute Gasteiger partial charge is 0.323 e. The van der Waals surface area contributed by atoms with Gasteiger partial charge in [-0.2, -0.15) is 0 Å². The number of esters is 1. The van der Waals surface area contributed by atoms with Crippen molar-refractivity contribution >= 4 is 5.97 Å². The van der Waals surface area contributed by atoms with Crippen LogP contribution in [0.4, 0.5) is 0 Å². The lowest BCUT2D eigenvalue weighted by Crippen LogP contribution is -2.11. The summed E-state index contributed by atoms with van der Waals surface area (Å²) in [5, 5.41) is 0. The van der Waals surface area contributed by atoms with Gasteiger partial charge in [-0.05, 0) is 43.0 Å². The summed E-state index contributed by atoms with van der Waals surface area (Å²) in [6.07, 6.45) is 0. The second-order valence-corrected chi connectivity index (χ2v) is 5.19. The number of hydrogen-bond donors (Lipinski definition) is 0. The Morgan fingerprint density at radius 3 is 2.47 bits per heavy atom. The number of carbonyl (C=O) groups excluding carboxylic acids is 1. The maximum absolute atomic E-state index is 12.2. The van der Waals surface area contributed by atoms with Crippen molar-refractivity contribution in [1.29, 1.82) is 0 Å². The van der Waals surface area contributed by atoms with Crippen molar-refractivity contribution in [2.24, 2.45) is 0 Å². The van der Waals surface area contributed by atoms with Crippen LogP contribution in [0.5, 0.6) is 5.75 Å². The number of para-hydroxylation sites is 1.